The van der Waals surface area contributed by atoms with Crippen molar-refractivity contribution in [3.05, 3.63) is 34.9 Å². The van der Waals surface area contributed by atoms with Crippen LogP contribution in [0.2, 0.25) is 5.02 Å². The predicted molar refractivity (Wildman–Crippen MR) is 81.1 cm³/mol. The van der Waals surface area contributed by atoms with Crippen molar-refractivity contribution in [3.8, 4) is 0 Å². The van der Waals surface area contributed by atoms with E-state index in [-0.39, 0.29) is 17.9 Å². The molecule has 1 aromatic rings. The zero-order valence-electron chi connectivity index (χ0n) is 10.9. The first kappa shape index (κ1) is 14.4. The molecule has 0 bridgehead atoms. The number of hydrogen-bond acceptors (Lipinski definition) is 3. The zero-order chi connectivity index (χ0) is 13.8. The van der Waals surface area contributed by atoms with E-state index in [1.165, 1.54) is 0 Å². The van der Waals surface area contributed by atoms with Crippen LogP contribution >= 0.6 is 23.4 Å². The molecule has 2 N–H and O–H groups in total. The number of hydrogen-bond donors (Lipinski definition) is 2. The predicted octanol–water partition coefficient (Wildman–Crippen LogP) is 3.10. The van der Waals surface area contributed by atoms with E-state index in [9.17, 15) is 4.79 Å². The van der Waals surface area contributed by atoms with Gasteiger partial charge in [-0.15, -0.1) is 11.8 Å². The number of benzene rings is 1. The Balaban J connectivity index is 2.08. The summed E-state index contributed by atoms with van der Waals surface area (Å²) in [7, 11) is 0. The van der Waals surface area contributed by atoms with Gasteiger partial charge in [0.1, 0.15) is 0 Å². The lowest BCUT2D eigenvalue weighted by Gasteiger charge is -2.27. The molecule has 1 aliphatic heterocycles. The SMILES string of the molecule is CSc1ccc(/C=C/C2NNC(=O)CC2C)c(Cl)c1. The summed E-state index contributed by atoms with van der Waals surface area (Å²) in [4.78, 5) is 12.3. The normalized spacial score (nSPS) is 23.6. The molecule has 102 valence electrons. The highest BCUT2D eigenvalue weighted by atomic mass is 35.5. The minimum absolute atomic E-state index is 0.0412. The van der Waals surface area contributed by atoms with Crippen LogP contribution < -0.4 is 10.9 Å². The van der Waals surface area contributed by atoms with Gasteiger partial charge >= 0.3 is 0 Å². The van der Waals surface area contributed by atoms with E-state index in [4.69, 9.17) is 11.6 Å². The van der Waals surface area contributed by atoms with E-state index in [1.54, 1.807) is 11.8 Å². The second kappa shape index (κ2) is 6.46. The highest BCUT2D eigenvalue weighted by Gasteiger charge is 2.22. The lowest BCUT2D eigenvalue weighted by atomic mass is 9.96. The Labute approximate surface area is 122 Å². The molecule has 2 unspecified atom stereocenters. The number of hydrazine groups is 1. The molecule has 19 heavy (non-hydrogen) atoms. The number of amides is 1. The first-order chi connectivity index (χ1) is 9.10. The Morgan fingerprint density at radius 3 is 2.89 bits per heavy atom. The molecular weight excluding hydrogens is 280 g/mol. The molecule has 3 nitrogen and oxygen atoms in total. The summed E-state index contributed by atoms with van der Waals surface area (Å²) in [6.45, 7) is 2.05. The Kier molecular flexibility index (Phi) is 4.91. The molecular formula is C14H17ClN2OS. The molecule has 1 amide bonds. The largest absolute Gasteiger partial charge is 0.291 e. The van der Waals surface area contributed by atoms with Crippen LogP contribution in [0.3, 0.4) is 0 Å². The molecule has 5 heteroatoms. The highest BCUT2D eigenvalue weighted by Crippen LogP contribution is 2.25. The minimum atomic E-state index is 0.0412. The Morgan fingerprint density at radius 2 is 2.26 bits per heavy atom. The Bertz CT molecular complexity index is 504. The molecule has 2 atom stereocenters. The number of halogens is 1. The quantitative estimate of drug-likeness (QED) is 0.842. The van der Waals surface area contributed by atoms with Crippen LogP contribution in [0.25, 0.3) is 6.08 Å². The third kappa shape index (κ3) is 3.75. The molecule has 0 saturated carbocycles. The van der Waals surface area contributed by atoms with Gasteiger partial charge in [0.15, 0.2) is 0 Å². The summed E-state index contributed by atoms with van der Waals surface area (Å²) in [5.74, 6) is 0.314. The first-order valence-corrected chi connectivity index (χ1v) is 7.76. The fraction of sp³-hybridized carbons (Fsp3) is 0.357. The van der Waals surface area contributed by atoms with Crippen molar-refractivity contribution < 1.29 is 4.79 Å². The van der Waals surface area contributed by atoms with Gasteiger partial charge in [0.2, 0.25) is 5.91 Å². The summed E-state index contributed by atoms with van der Waals surface area (Å²) in [6.07, 6.45) is 6.61. The van der Waals surface area contributed by atoms with Crippen molar-refractivity contribution >= 4 is 35.3 Å². The van der Waals surface area contributed by atoms with Gasteiger partial charge in [-0.25, -0.2) is 5.43 Å². The van der Waals surface area contributed by atoms with Crippen LogP contribution in [-0.2, 0) is 4.79 Å². The van der Waals surface area contributed by atoms with Gasteiger partial charge in [0.25, 0.3) is 0 Å². The third-order valence-corrected chi connectivity index (χ3v) is 4.24. The Morgan fingerprint density at radius 1 is 1.47 bits per heavy atom. The van der Waals surface area contributed by atoms with Crippen LogP contribution in [0.4, 0.5) is 0 Å². The minimum Gasteiger partial charge on any atom is -0.291 e. The Hall–Kier alpha value is -0.970. The maximum Gasteiger partial charge on any atom is 0.234 e. The van der Waals surface area contributed by atoms with Gasteiger partial charge in [0, 0.05) is 22.4 Å². The number of carbonyl (C=O) groups excluding carboxylic acids is 1. The number of rotatable bonds is 3. The molecule has 0 aromatic heterocycles. The average Bonchev–Trinajstić information content (AvgIpc) is 2.39. The number of carbonyl (C=O) groups is 1. The number of thioether (sulfide) groups is 1. The van der Waals surface area contributed by atoms with Crippen molar-refractivity contribution in [2.45, 2.75) is 24.3 Å². The first-order valence-electron chi connectivity index (χ1n) is 6.16. The summed E-state index contributed by atoms with van der Waals surface area (Å²) in [6, 6.07) is 6.16. The summed E-state index contributed by atoms with van der Waals surface area (Å²) in [5.41, 5.74) is 6.64. The second-order valence-electron chi connectivity index (χ2n) is 4.65. The maximum atomic E-state index is 11.2. The lowest BCUT2D eigenvalue weighted by Crippen LogP contribution is -2.52. The molecule has 1 fully saturated rings. The molecule has 1 aliphatic rings. The van der Waals surface area contributed by atoms with E-state index >= 15 is 0 Å². The van der Waals surface area contributed by atoms with Crippen LogP contribution in [0.15, 0.2) is 29.2 Å². The summed E-state index contributed by atoms with van der Waals surface area (Å²) >= 11 is 7.90. The zero-order valence-corrected chi connectivity index (χ0v) is 12.5. The highest BCUT2D eigenvalue weighted by molar-refractivity contribution is 7.98. The third-order valence-electron chi connectivity index (χ3n) is 3.19. The van der Waals surface area contributed by atoms with Crippen molar-refractivity contribution in [1.82, 2.24) is 10.9 Å². The fourth-order valence-electron chi connectivity index (χ4n) is 1.99. The molecule has 2 rings (SSSR count). The van der Waals surface area contributed by atoms with Gasteiger partial charge in [-0.3, -0.25) is 10.2 Å². The number of nitrogens with one attached hydrogen (secondary N) is 2. The molecule has 0 radical (unpaired) electrons. The second-order valence-corrected chi connectivity index (χ2v) is 5.93. The van der Waals surface area contributed by atoms with Crippen LogP contribution in [0.5, 0.6) is 0 Å². The van der Waals surface area contributed by atoms with Gasteiger partial charge in [-0.1, -0.05) is 36.7 Å². The van der Waals surface area contributed by atoms with Gasteiger partial charge < -0.3 is 0 Å². The average molecular weight is 297 g/mol. The maximum absolute atomic E-state index is 11.2. The lowest BCUT2D eigenvalue weighted by molar-refractivity contribution is -0.125. The van der Waals surface area contributed by atoms with Crippen molar-refractivity contribution in [2.24, 2.45) is 5.92 Å². The van der Waals surface area contributed by atoms with Crippen LogP contribution in [0, 0.1) is 5.92 Å². The smallest absolute Gasteiger partial charge is 0.234 e. The molecule has 1 saturated heterocycles. The molecule has 0 spiro atoms. The molecule has 0 aliphatic carbocycles. The standard InChI is InChI=1S/C14H17ClN2OS/c1-9-7-14(18)17-16-13(9)6-4-10-3-5-11(19-2)8-12(10)15/h3-6,8-9,13,16H,7H2,1-2H3,(H,17,18)/b6-4+. The fourth-order valence-corrected chi connectivity index (χ4v) is 2.74. The van der Waals surface area contributed by atoms with E-state index < -0.39 is 0 Å². The van der Waals surface area contributed by atoms with Gasteiger partial charge in [0.05, 0.1) is 0 Å². The van der Waals surface area contributed by atoms with E-state index in [0.717, 1.165) is 15.5 Å². The van der Waals surface area contributed by atoms with Crippen molar-refractivity contribution in [1.29, 1.82) is 0 Å². The van der Waals surface area contributed by atoms with E-state index in [2.05, 4.69) is 23.8 Å². The van der Waals surface area contributed by atoms with E-state index in [0.29, 0.717) is 6.42 Å². The molecule has 1 aromatic carbocycles. The monoisotopic (exact) mass is 296 g/mol. The summed E-state index contributed by atoms with van der Waals surface area (Å²) < 4.78 is 0. The molecule has 1 heterocycles. The van der Waals surface area contributed by atoms with Crippen molar-refractivity contribution in [2.75, 3.05) is 6.26 Å². The van der Waals surface area contributed by atoms with Gasteiger partial charge in [-0.2, -0.15) is 0 Å². The van der Waals surface area contributed by atoms with Crippen LogP contribution in [0.1, 0.15) is 18.9 Å². The van der Waals surface area contributed by atoms with Crippen LogP contribution in [-0.4, -0.2) is 18.2 Å². The summed E-state index contributed by atoms with van der Waals surface area (Å²) in [5, 5.41) is 0.746. The van der Waals surface area contributed by atoms with E-state index in [1.807, 2.05) is 30.5 Å². The topological polar surface area (TPSA) is 41.1 Å². The van der Waals surface area contributed by atoms with Gasteiger partial charge in [-0.05, 0) is 29.9 Å². The van der Waals surface area contributed by atoms with Crippen molar-refractivity contribution in [3.63, 3.8) is 0 Å².